The van der Waals surface area contributed by atoms with Gasteiger partial charge >= 0.3 is 18.2 Å². The van der Waals surface area contributed by atoms with Crippen LogP contribution in [0.2, 0.25) is 0 Å². The normalized spacial score (nSPS) is 15.5. The summed E-state index contributed by atoms with van der Waals surface area (Å²) in [6, 6.07) is 5.02. The first kappa shape index (κ1) is 19.7. The van der Waals surface area contributed by atoms with Crippen LogP contribution in [0.4, 0.5) is 18.0 Å². The fourth-order valence-corrected chi connectivity index (χ4v) is 2.20. The molecule has 0 saturated carbocycles. The number of carbonyl (C=O) groups excluding carboxylic acids is 3. The van der Waals surface area contributed by atoms with Gasteiger partial charge in [-0.25, -0.2) is 9.59 Å². The van der Waals surface area contributed by atoms with Gasteiger partial charge in [-0.1, -0.05) is 12.1 Å². The third kappa shape index (κ3) is 5.45. The molecule has 2 rings (SSSR count). The highest BCUT2D eigenvalue weighted by Gasteiger charge is 2.31. The third-order valence-corrected chi connectivity index (χ3v) is 3.48. The zero-order valence-corrected chi connectivity index (χ0v) is 13.8. The summed E-state index contributed by atoms with van der Waals surface area (Å²) in [6.07, 6.45) is -5.56. The molecule has 1 saturated heterocycles. The lowest BCUT2D eigenvalue weighted by atomic mass is 10.1. The molecule has 0 aromatic heterocycles. The fourth-order valence-electron chi connectivity index (χ4n) is 2.20. The predicted molar refractivity (Wildman–Crippen MR) is 82.1 cm³/mol. The maximum absolute atomic E-state index is 12.1. The van der Waals surface area contributed by atoms with Crippen LogP contribution in [0.5, 0.6) is 0 Å². The summed E-state index contributed by atoms with van der Waals surface area (Å²) < 4.78 is 45.6. The molecule has 1 aromatic carbocycles. The number of hydrogen-bond donors (Lipinski definition) is 1. The number of nitrogens with zero attached hydrogens (tertiary/aromatic N) is 1. The largest absolute Gasteiger partial charge is 0.449 e. The Hall–Kier alpha value is -2.62. The molecule has 1 aliphatic rings. The van der Waals surface area contributed by atoms with E-state index in [0.717, 1.165) is 4.90 Å². The molecular weight excluding hydrogens is 357 g/mol. The molecule has 3 amide bonds. The molecular formula is C16H17F3N2O5. The molecule has 1 heterocycles. The fraction of sp³-hybridized carbons (Fsp3) is 0.438. The molecule has 7 nitrogen and oxygen atoms in total. The molecule has 1 atom stereocenters. The number of hydrogen-bond acceptors (Lipinski definition) is 5. The minimum absolute atomic E-state index is 0.120. The Labute approximate surface area is 147 Å². The van der Waals surface area contributed by atoms with Crippen molar-refractivity contribution in [3.63, 3.8) is 0 Å². The van der Waals surface area contributed by atoms with Gasteiger partial charge in [-0.2, -0.15) is 13.2 Å². The molecule has 1 unspecified atom stereocenters. The number of benzene rings is 1. The van der Waals surface area contributed by atoms with Crippen molar-refractivity contribution in [1.82, 2.24) is 10.2 Å². The Balaban J connectivity index is 1.87. The van der Waals surface area contributed by atoms with Gasteiger partial charge in [0.1, 0.15) is 6.61 Å². The summed E-state index contributed by atoms with van der Waals surface area (Å²) in [5.74, 6) is -1.42. The molecule has 0 aliphatic carbocycles. The summed E-state index contributed by atoms with van der Waals surface area (Å²) >= 11 is 0. The molecule has 26 heavy (non-hydrogen) atoms. The highest BCUT2D eigenvalue weighted by atomic mass is 19.4. The average Bonchev–Trinajstić information content (AvgIpc) is 2.99. The Bertz CT molecular complexity index is 675. The lowest BCUT2D eigenvalue weighted by Crippen LogP contribution is -2.41. The van der Waals surface area contributed by atoms with Crippen molar-refractivity contribution in [2.45, 2.75) is 25.8 Å². The van der Waals surface area contributed by atoms with E-state index in [1.54, 1.807) is 0 Å². The Morgan fingerprint density at radius 3 is 2.46 bits per heavy atom. The maximum Gasteiger partial charge on any atom is 0.411 e. The van der Waals surface area contributed by atoms with Crippen molar-refractivity contribution in [2.75, 3.05) is 19.7 Å². The van der Waals surface area contributed by atoms with Gasteiger partial charge in [-0.05, 0) is 24.6 Å². The minimum Gasteiger partial charge on any atom is -0.449 e. The SMILES string of the molecule is CC(OC(=O)c1ccc(COCC(F)(F)F)cc1)C(=O)N1CCNC1=O. The van der Waals surface area contributed by atoms with Crippen molar-refractivity contribution in [2.24, 2.45) is 0 Å². The Kier molecular flexibility index (Phi) is 6.19. The van der Waals surface area contributed by atoms with E-state index in [2.05, 4.69) is 10.1 Å². The van der Waals surface area contributed by atoms with E-state index in [-0.39, 0.29) is 18.7 Å². The average molecular weight is 374 g/mol. The maximum atomic E-state index is 12.1. The first-order chi connectivity index (χ1) is 12.2. The second-order valence-electron chi connectivity index (χ2n) is 5.57. The first-order valence-electron chi connectivity index (χ1n) is 7.71. The molecule has 0 radical (unpaired) electrons. The highest BCUT2D eigenvalue weighted by molar-refractivity contribution is 5.99. The number of carbonyl (C=O) groups is 3. The van der Waals surface area contributed by atoms with Gasteiger partial charge in [-0.3, -0.25) is 9.69 Å². The van der Waals surface area contributed by atoms with Crippen molar-refractivity contribution in [1.29, 1.82) is 0 Å². The second-order valence-corrected chi connectivity index (χ2v) is 5.57. The Morgan fingerprint density at radius 2 is 1.92 bits per heavy atom. The number of amides is 3. The summed E-state index contributed by atoms with van der Waals surface area (Å²) in [5.41, 5.74) is 0.568. The molecule has 0 bridgehead atoms. The quantitative estimate of drug-likeness (QED) is 0.769. The van der Waals surface area contributed by atoms with Gasteiger partial charge in [0.2, 0.25) is 0 Å². The van der Waals surface area contributed by atoms with Crippen molar-refractivity contribution in [3.8, 4) is 0 Å². The van der Waals surface area contributed by atoms with E-state index < -0.39 is 36.8 Å². The minimum atomic E-state index is -4.40. The highest BCUT2D eigenvalue weighted by Crippen LogP contribution is 2.16. The van der Waals surface area contributed by atoms with Gasteiger partial charge in [0.25, 0.3) is 5.91 Å². The molecule has 1 N–H and O–H groups in total. The van der Waals surface area contributed by atoms with Crippen LogP contribution in [-0.4, -0.2) is 54.8 Å². The van der Waals surface area contributed by atoms with Crippen LogP contribution in [0.1, 0.15) is 22.8 Å². The third-order valence-electron chi connectivity index (χ3n) is 3.48. The van der Waals surface area contributed by atoms with E-state index in [4.69, 9.17) is 4.74 Å². The number of rotatable bonds is 6. The van der Waals surface area contributed by atoms with E-state index >= 15 is 0 Å². The summed E-state index contributed by atoms with van der Waals surface area (Å²) in [7, 11) is 0. The zero-order valence-electron chi connectivity index (χ0n) is 13.8. The number of halogens is 3. The summed E-state index contributed by atoms with van der Waals surface area (Å²) in [5, 5.41) is 2.47. The Morgan fingerprint density at radius 1 is 1.27 bits per heavy atom. The standard InChI is InChI=1S/C16H17F3N2O5/c1-10(13(22)21-7-6-20-15(21)24)26-14(23)12-4-2-11(3-5-12)8-25-9-16(17,18)19/h2-5,10H,6-9H2,1H3,(H,20,24). The lowest BCUT2D eigenvalue weighted by molar-refractivity contribution is -0.176. The smallest absolute Gasteiger partial charge is 0.411 e. The number of nitrogens with one attached hydrogen (secondary N) is 1. The van der Waals surface area contributed by atoms with Crippen LogP contribution in [0.25, 0.3) is 0 Å². The van der Waals surface area contributed by atoms with E-state index in [1.807, 2.05) is 0 Å². The van der Waals surface area contributed by atoms with Gasteiger partial charge in [0, 0.05) is 13.1 Å². The number of alkyl halides is 3. The van der Waals surface area contributed by atoms with Crippen LogP contribution in [0.15, 0.2) is 24.3 Å². The van der Waals surface area contributed by atoms with E-state index in [9.17, 15) is 27.6 Å². The van der Waals surface area contributed by atoms with Gasteiger partial charge in [0.15, 0.2) is 6.10 Å². The van der Waals surface area contributed by atoms with Gasteiger partial charge in [-0.15, -0.1) is 0 Å². The topological polar surface area (TPSA) is 84.9 Å². The number of esters is 1. The predicted octanol–water partition coefficient (Wildman–Crippen LogP) is 1.86. The van der Waals surface area contributed by atoms with Crippen LogP contribution in [0, 0.1) is 0 Å². The van der Waals surface area contributed by atoms with Crippen LogP contribution in [0.3, 0.4) is 0 Å². The van der Waals surface area contributed by atoms with Crippen LogP contribution >= 0.6 is 0 Å². The molecule has 0 spiro atoms. The molecule has 10 heteroatoms. The second kappa shape index (κ2) is 8.17. The zero-order chi connectivity index (χ0) is 19.3. The molecule has 142 valence electrons. The van der Waals surface area contributed by atoms with E-state index in [1.165, 1.54) is 31.2 Å². The molecule has 1 aliphatic heterocycles. The van der Waals surface area contributed by atoms with Crippen LogP contribution < -0.4 is 5.32 Å². The van der Waals surface area contributed by atoms with Crippen molar-refractivity contribution < 1.29 is 37.0 Å². The van der Waals surface area contributed by atoms with Crippen LogP contribution in [-0.2, 0) is 20.9 Å². The summed E-state index contributed by atoms with van der Waals surface area (Å²) in [4.78, 5) is 36.5. The number of ether oxygens (including phenoxy) is 2. The molecule has 1 aromatic rings. The van der Waals surface area contributed by atoms with Crippen molar-refractivity contribution in [3.05, 3.63) is 35.4 Å². The monoisotopic (exact) mass is 374 g/mol. The van der Waals surface area contributed by atoms with Crippen molar-refractivity contribution >= 4 is 17.9 Å². The number of urea groups is 1. The summed E-state index contributed by atoms with van der Waals surface area (Å²) in [6.45, 7) is 0.273. The van der Waals surface area contributed by atoms with Gasteiger partial charge < -0.3 is 14.8 Å². The first-order valence-corrected chi connectivity index (χ1v) is 7.71. The van der Waals surface area contributed by atoms with Gasteiger partial charge in [0.05, 0.1) is 12.2 Å². The van der Waals surface area contributed by atoms with E-state index in [0.29, 0.717) is 12.1 Å². The molecule has 1 fully saturated rings. The number of imide groups is 1. The lowest BCUT2D eigenvalue weighted by Gasteiger charge is -2.18.